The first-order chi connectivity index (χ1) is 8.84. The Bertz CT molecular complexity index is 593. The molecule has 0 radical (unpaired) electrons. The Morgan fingerprint density at radius 3 is 2.94 bits per heavy atom. The lowest BCUT2D eigenvalue weighted by atomic mass is 9.99. The molecule has 0 bridgehead atoms. The summed E-state index contributed by atoms with van der Waals surface area (Å²) >= 11 is 0. The Kier molecular flexibility index (Phi) is 2.69. The second-order valence-electron chi connectivity index (χ2n) is 4.21. The van der Waals surface area contributed by atoms with Crippen LogP contribution >= 0.6 is 0 Å². The van der Waals surface area contributed by atoms with Gasteiger partial charge in [-0.25, -0.2) is 0 Å². The quantitative estimate of drug-likeness (QED) is 0.729. The second kappa shape index (κ2) is 4.49. The number of benzene rings is 1. The molecule has 0 saturated carbocycles. The van der Waals surface area contributed by atoms with Gasteiger partial charge in [0.25, 0.3) is 0 Å². The molecule has 2 heterocycles. The molecule has 0 amide bonds. The van der Waals surface area contributed by atoms with Gasteiger partial charge in [0.15, 0.2) is 0 Å². The molecule has 2 nitrogen and oxygen atoms in total. The lowest BCUT2D eigenvalue weighted by Gasteiger charge is -2.14. The zero-order valence-corrected chi connectivity index (χ0v) is 9.91. The fraction of sp³-hybridized carbons (Fsp3) is 0.0625. The van der Waals surface area contributed by atoms with E-state index in [9.17, 15) is 0 Å². The highest BCUT2D eigenvalue weighted by Gasteiger charge is 2.13. The van der Waals surface area contributed by atoms with Gasteiger partial charge in [-0.05, 0) is 35.4 Å². The van der Waals surface area contributed by atoms with Crippen molar-refractivity contribution in [2.75, 3.05) is 0 Å². The molecule has 1 atom stereocenters. The summed E-state index contributed by atoms with van der Waals surface area (Å²) in [5.74, 6) is 0.833. The fourth-order valence-corrected chi connectivity index (χ4v) is 2.08. The molecule has 1 aromatic rings. The van der Waals surface area contributed by atoms with E-state index in [-0.39, 0.29) is 6.04 Å². The van der Waals surface area contributed by atoms with E-state index >= 15 is 0 Å². The van der Waals surface area contributed by atoms with Crippen LogP contribution in [0.2, 0.25) is 0 Å². The molecule has 0 saturated heterocycles. The van der Waals surface area contributed by atoms with Gasteiger partial charge >= 0.3 is 0 Å². The zero-order valence-electron chi connectivity index (χ0n) is 9.91. The largest absolute Gasteiger partial charge is 0.464 e. The first kappa shape index (κ1) is 10.8. The zero-order chi connectivity index (χ0) is 12.4. The van der Waals surface area contributed by atoms with Gasteiger partial charge in [-0.2, -0.15) is 0 Å². The molecule has 2 aliphatic rings. The van der Waals surface area contributed by atoms with Crippen LogP contribution in [0.15, 0.2) is 72.0 Å². The molecule has 2 aliphatic heterocycles. The highest BCUT2D eigenvalue weighted by Crippen LogP contribution is 2.30. The van der Waals surface area contributed by atoms with Gasteiger partial charge in [0.2, 0.25) is 0 Å². The first-order valence-corrected chi connectivity index (χ1v) is 5.88. The van der Waals surface area contributed by atoms with Gasteiger partial charge in [-0.3, -0.25) is 4.99 Å². The van der Waals surface area contributed by atoms with Crippen molar-refractivity contribution < 1.29 is 4.74 Å². The van der Waals surface area contributed by atoms with E-state index in [0.29, 0.717) is 0 Å². The average Bonchev–Trinajstić information content (AvgIpc) is 2.89. The van der Waals surface area contributed by atoms with Crippen LogP contribution in [0.3, 0.4) is 0 Å². The number of para-hydroxylation sites is 1. The monoisotopic (exact) mass is 235 g/mol. The molecule has 0 spiro atoms. The summed E-state index contributed by atoms with van der Waals surface area (Å²) in [5.41, 5.74) is 3.05. The van der Waals surface area contributed by atoms with Gasteiger partial charge < -0.3 is 4.74 Å². The number of hydrogen-bond donors (Lipinski definition) is 0. The van der Waals surface area contributed by atoms with Crippen molar-refractivity contribution in [3.05, 3.63) is 72.5 Å². The van der Waals surface area contributed by atoms with E-state index in [2.05, 4.69) is 23.7 Å². The Hall–Kier alpha value is -2.35. The van der Waals surface area contributed by atoms with E-state index in [1.54, 1.807) is 6.26 Å². The summed E-state index contributed by atoms with van der Waals surface area (Å²) in [7, 11) is 0. The molecule has 88 valence electrons. The lowest BCUT2D eigenvalue weighted by Crippen LogP contribution is -2.03. The Labute approximate surface area is 106 Å². The number of ether oxygens (including phenoxy) is 1. The van der Waals surface area contributed by atoms with E-state index in [4.69, 9.17) is 4.74 Å². The van der Waals surface area contributed by atoms with Crippen molar-refractivity contribution >= 4 is 11.8 Å². The standard InChI is InChI=1S/C16H13NO/c1-12-11-13(15-6-4-9-17-15)8-10-18-16-7-3-2-5-14(12)16/h2-11,15H,1H2/b10-8-,13-11+. The second-order valence-corrected chi connectivity index (χ2v) is 4.21. The molecule has 0 aliphatic carbocycles. The normalized spacial score (nSPS) is 25.7. The van der Waals surface area contributed by atoms with E-state index < -0.39 is 0 Å². The highest BCUT2D eigenvalue weighted by atomic mass is 16.5. The van der Waals surface area contributed by atoms with Crippen molar-refractivity contribution in [1.82, 2.24) is 0 Å². The third-order valence-corrected chi connectivity index (χ3v) is 3.00. The van der Waals surface area contributed by atoms with Crippen LogP contribution in [0.1, 0.15) is 5.56 Å². The van der Waals surface area contributed by atoms with Gasteiger partial charge in [-0.1, -0.05) is 30.9 Å². The molecular weight excluding hydrogens is 222 g/mol. The van der Waals surface area contributed by atoms with E-state index in [0.717, 1.165) is 22.5 Å². The molecule has 3 rings (SSSR count). The van der Waals surface area contributed by atoms with E-state index in [1.165, 1.54) is 0 Å². The number of fused-ring (bicyclic) bond motifs is 1. The summed E-state index contributed by atoms with van der Waals surface area (Å²) in [6, 6.07) is 7.97. The Morgan fingerprint density at radius 2 is 2.11 bits per heavy atom. The van der Waals surface area contributed by atoms with Crippen molar-refractivity contribution in [2.45, 2.75) is 6.04 Å². The number of nitrogens with zero attached hydrogens (tertiary/aromatic N) is 1. The van der Waals surface area contributed by atoms with Crippen LogP contribution in [-0.2, 0) is 0 Å². The summed E-state index contributed by atoms with van der Waals surface area (Å²) in [4.78, 5) is 4.37. The third-order valence-electron chi connectivity index (χ3n) is 3.00. The fourth-order valence-electron chi connectivity index (χ4n) is 2.08. The van der Waals surface area contributed by atoms with Crippen LogP contribution in [0, 0.1) is 0 Å². The number of aliphatic imine (C=N–C) groups is 1. The third kappa shape index (κ3) is 1.93. The molecular formula is C16H13NO. The molecule has 0 aromatic heterocycles. The average molecular weight is 235 g/mol. The molecule has 0 fully saturated rings. The number of allylic oxidation sites excluding steroid dienone is 3. The van der Waals surface area contributed by atoms with Crippen LogP contribution < -0.4 is 4.74 Å². The topological polar surface area (TPSA) is 21.6 Å². The van der Waals surface area contributed by atoms with Gasteiger partial charge in [0.05, 0.1) is 12.3 Å². The van der Waals surface area contributed by atoms with Crippen molar-refractivity contribution in [2.24, 2.45) is 4.99 Å². The lowest BCUT2D eigenvalue weighted by molar-refractivity contribution is 0.478. The maximum atomic E-state index is 5.63. The van der Waals surface area contributed by atoms with Crippen LogP contribution in [0.5, 0.6) is 5.75 Å². The van der Waals surface area contributed by atoms with Crippen molar-refractivity contribution in [3.8, 4) is 5.75 Å². The minimum atomic E-state index is 0.0758. The Balaban J connectivity index is 2.02. The van der Waals surface area contributed by atoms with Crippen molar-refractivity contribution in [3.63, 3.8) is 0 Å². The molecule has 18 heavy (non-hydrogen) atoms. The number of rotatable bonds is 1. The minimum Gasteiger partial charge on any atom is -0.464 e. The van der Waals surface area contributed by atoms with Crippen LogP contribution in [0.4, 0.5) is 0 Å². The maximum absolute atomic E-state index is 5.63. The van der Waals surface area contributed by atoms with Crippen LogP contribution in [0.25, 0.3) is 5.57 Å². The Morgan fingerprint density at radius 1 is 1.22 bits per heavy atom. The van der Waals surface area contributed by atoms with Crippen LogP contribution in [-0.4, -0.2) is 12.3 Å². The van der Waals surface area contributed by atoms with Gasteiger partial charge in [-0.15, -0.1) is 0 Å². The molecule has 0 N–H and O–H groups in total. The molecule has 1 aromatic carbocycles. The predicted molar refractivity (Wildman–Crippen MR) is 74.7 cm³/mol. The SMILES string of the molecule is C=C1/C=C(C2C=CC=N2)\C=C/Oc2ccccc21. The van der Waals surface area contributed by atoms with Gasteiger partial charge in [0.1, 0.15) is 5.75 Å². The summed E-state index contributed by atoms with van der Waals surface area (Å²) in [5, 5.41) is 0. The summed E-state index contributed by atoms with van der Waals surface area (Å²) in [6.45, 7) is 4.11. The summed E-state index contributed by atoms with van der Waals surface area (Å²) in [6.07, 6.45) is 11.5. The molecule has 1 unspecified atom stereocenters. The highest BCUT2D eigenvalue weighted by molar-refractivity contribution is 5.79. The first-order valence-electron chi connectivity index (χ1n) is 5.88. The predicted octanol–water partition coefficient (Wildman–Crippen LogP) is 3.54. The minimum absolute atomic E-state index is 0.0758. The van der Waals surface area contributed by atoms with E-state index in [1.807, 2.05) is 42.6 Å². The van der Waals surface area contributed by atoms with Gasteiger partial charge in [0, 0.05) is 11.8 Å². The maximum Gasteiger partial charge on any atom is 0.134 e. The molecule has 2 heteroatoms. The summed E-state index contributed by atoms with van der Waals surface area (Å²) < 4.78 is 5.63. The number of hydrogen-bond acceptors (Lipinski definition) is 2. The smallest absolute Gasteiger partial charge is 0.134 e. The van der Waals surface area contributed by atoms with Crippen molar-refractivity contribution in [1.29, 1.82) is 0 Å².